The minimum Gasteiger partial charge on any atom is -0.370 e. The fourth-order valence-corrected chi connectivity index (χ4v) is 6.25. The Morgan fingerprint density at radius 3 is 1.44 bits per heavy atom. The maximum atomic E-state index is 14.3. The van der Waals surface area contributed by atoms with Crippen LogP contribution in [0.5, 0.6) is 0 Å². The van der Waals surface area contributed by atoms with Crippen molar-refractivity contribution in [3.05, 3.63) is 140 Å². The Morgan fingerprint density at radius 1 is 0.573 bits per heavy atom. The molecule has 394 valence electrons. The topological polar surface area (TPSA) is 569 Å². The van der Waals surface area contributed by atoms with E-state index in [1.54, 1.807) is 30.3 Å². The number of hydrogen-bond acceptors (Lipinski definition) is 17. The van der Waals surface area contributed by atoms with Crippen molar-refractivity contribution in [2.24, 2.45) is 71.6 Å². The van der Waals surface area contributed by atoms with E-state index in [4.69, 9.17) is 51.6 Å². The number of nitrogens with two attached hydrogens (primary N) is 9. The standard InChI is InChI=1S/C42H50N22O11/c43-27(65)28(58-39(44)45)54-34(67)30(60-41(48)49)56-36(69)31(61-42(50)51)57-35(68)29(59-40(46)47)55-33(66)26(23-9-5-2-6-10-23)53-37(70)38(71)62(32-25(64(74)75)17-24(18-52-32)63(72)73)19-22-15-13-21(14-16-22)12-11-20-7-3-1-4-8-20/h1-18,26,28-31,38,71H,19H2,(H2,43,65)(H,53,70)(H,54,67)(H,55,66)(H,56,69)(H,57,68)(H4,44,45,58)(H4,46,47,59)(H4,48,49,60)(H4,50,51,61). The van der Waals surface area contributed by atoms with Gasteiger partial charge >= 0.3 is 5.69 Å². The van der Waals surface area contributed by atoms with Gasteiger partial charge < -0.3 is 88.2 Å². The number of hydrogen-bond donors (Lipinski definition) is 15. The first kappa shape index (κ1) is 56.6. The maximum Gasteiger partial charge on any atom is 0.318 e. The van der Waals surface area contributed by atoms with Crippen LogP contribution in [0, 0.1) is 20.2 Å². The normalized spacial score (nSPS) is 13.0. The number of aromatic nitrogens is 1. The van der Waals surface area contributed by atoms with Crippen LogP contribution in [0.3, 0.4) is 0 Å². The molecule has 6 amide bonds. The van der Waals surface area contributed by atoms with Crippen LogP contribution in [0.2, 0.25) is 0 Å². The molecule has 6 unspecified atom stereocenters. The number of nitro groups is 2. The summed E-state index contributed by atoms with van der Waals surface area (Å²) >= 11 is 0. The molecular formula is C42H50N22O11. The molecule has 24 N–H and O–H groups in total. The van der Waals surface area contributed by atoms with E-state index in [2.05, 4.69) is 35.6 Å². The molecule has 33 nitrogen and oxygen atoms in total. The van der Waals surface area contributed by atoms with Crippen LogP contribution >= 0.6 is 0 Å². The molecule has 0 aliphatic heterocycles. The second kappa shape index (κ2) is 26.3. The van der Waals surface area contributed by atoms with Crippen molar-refractivity contribution in [2.45, 2.75) is 43.5 Å². The molecule has 4 aromatic rings. The third kappa shape index (κ3) is 17.1. The Bertz CT molecular complexity index is 2910. The van der Waals surface area contributed by atoms with E-state index in [1.807, 2.05) is 52.4 Å². The summed E-state index contributed by atoms with van der Waals surface area (Å²) < 4.78 is 0. The number of aliphatic hydroxyl groups excluding tert-OH is 1. The molecule has 0 bridgehead atoms. The predicted octanol–water partition coefficient (Wildman–Crippen LogP) is -5.40. The van der Waals surface area contributed by atoms with Gasteiger partial charge in [-0.15, -0.1) is 0 Å². The highest BCUT2D eigenvalue weighted by Crippen LogP contribution is 2.32. The van der Waals surface area contributed by atoms with Crippen LogP contribution in [0.25, 0.3) is 12.2 Å². The maximum absolute atomic E-state index is 14.3. The van der Waals surface area contributed by atoms with E-state index in [0.29, 0.717) is 23.4 Å². The van der Waals surface area contributed by atoms with E-state index < -0.39 is 130 Å². The average Bonchev–Trinajstić information content (AvgIpc) is 3.35. The molecule has 1 aromatic heterocycles. The highest BCUT2D eigenvalue weighted by atomic mass is 16.6. The van der Waals surface area contributed by atoms with Crippen molar-refractivity contribution in [1.82, 2.24) is 31.6 Å². The first-order valence-corrected chi connectivity index (χ1v) is 21.2. The quantitative estimate of drug-likeness (QED) is 0.00778. The molecule has 33 heteroatoms. The summed E-state index contributed by atoms with van der Waals surface area (Å²) in [6.07, 6.45) is -6.61. The van der Waals surface area contributed by atoms with Gasteiger partial charge in [0.2, 0.25) is 42.6 Å². The number of benzene rings is 3. The number of primary amides is 1. The van der Waals surface area contributed by atoms with Crippen molar-refractivity contribution in [3.8, 4) is 0 Å². The molecule has 4 rings (SSSR count). The number of rotatable bonds is 24. The van der Waals surface area contributed by atoms with Gasteiger partial charge in [-0.2, -0.15) is 0 Å². The Balaban J connectivity index is 1.67. The van der Waals surface area contributed by atoms with E-state index in [0.717, 1.165) is 10.5 Å². The second-order valence-corrected chi connectivity index (χ2v) is 15.2. The summed E-state index contributed by atoms with van der Waals surface area (Å²) in [6, 6.07) is 21.6. The van der Waals surface area contributed by atoms with Gasteiger partial charge in [0.05, 0.1) is 15.9 Å². The van der Waals surface area contributed by atoms with Crippen LogP contribution in [0.15, 0.2) is 117 Å². The summed E-state index contributed by atoms with van der Waals surface area (Å²) in [7, 11) is 0. The Morgan fingerprint density at radius 2 is 1.00 bits per heavy atom. The Labute approximate surface area is 422 Å². The second-order valence-electron chi connectivity index (χ2n) is 15.2. The van der Waals surface area contributed by atoms with Crippen molar-refractivity contribution in [3.63, 3.8) is 0 Å². The molecule has 0 saturated heterocycles. The SMILES string of the molecule is NC(=O)C(N=C(N)N)NC(=O)C(N=C(N)N)NC(=O)C(N=C(N)N)NC(=O)C(N=C(N)N)NC(=O)C(NC(=O)C(O)N(Cc1ccc(C=Cc2ccccc2)cc1)c1ncc([N+](=O)[O-])cc1[N+](=O)[O-])c1ccccc1. The molecule has 75 heavy (non-hydrogen) atoms. The number of aliphatic hydroxyl groups is 1. The first-order chi connectivity index (χ1) is 35.4. The molecular weight excluding hydrogens is 989 g/mol. The zero-order chi connectivity index (χ0) is 55.5. The molecule has 0 aliphatic carbocycles. The third-order valence-corrected chi connectivity index (χ3v) is 9.57. The van der Waals surface area contributed by atoms with E-state index in [1.165, 1.54) is 30.3 Å². The van der Waals surface area contributed by atoms with Gasteiger partial charge in [-0.1, -0.05) is 97.1 Å². The molecule has 6 atom stereocenters. The predicted molar refractivity (Wildman–Crippen MR) is 269 cm³/mol. The van der Waals surface area contributed by atoms with Gasteiger partial charge in [0.1, 0.15) is 12.2 Å². The summed E-state index contributed by atoms with van der Waals surface area (Å²) in [5, 5.41) is 46.2. The highest BCUT2D eigenvalue weighted by Gasteiger charge is 2.37. The Kier molecular flexibility index (Phi) is 19.8. The molecule has 0 aliphatic rings. The first-order valence-electron chi connectivity index (χ1n) is 21.2. The van der Waals surface area contributed by atoms with Gasteiger partial charge in [0.15, 0.2) is 23.8 Å². The molecule has 0 fully saturated rings. The number of nitrogens with one attached hydrogen (secondary N) is 5. The molecule has 0 saturated carbocycles. The lowest BCUT2D eigenvalue weighted by Gasteiger charge is -2.29. The molecule has 1 heterocycles. The van der Waals surface area contributed by atoms with Crippen molar-refractivity contribution in [2.75, 3.05) is 4.90 Å². The summed E-state index contributed by atoms with van der Waals surface area (Å²) in [5.41, 5.74) is 49.0. The van der Waals surface area contributed by atoms with E-state index in [9.17, 15) is 54.1 Å². The molecule has 0 radical (unpaired) electrons. The number of amides is 6. The van der Waals surface area contributed by atoms with Crippen LogP contribution < -0.4 is 83.1 Å². The van der Waals surface area contributed by atoms with Gasteiger partial charge in [-0.25, -0.2) is 25.0 Å². The minimum atomic E-state index is -2.46. The lowest BCUT2D eigenvalue weighted by molar-refractivity contribution is -0.394. The highest BCUT2D eigenvalue weighted by molar-refractivity contribution is 5.99. The van der Waals surface area contributed by atoms with E-state index in [-0.39, 0.29) is 5.56 Å². The van der Waals surface area contributed by atoms with Crippen LogP contribution in [0.4, 0.5) is 17.2 Å². The largest absolute Gasteiger partial charge is 0.370 e. The van der Waals surface area contributed by atoms with Crippen molar-refractivity contribution in [1.29, 1.82) is 0 Å². The lowest BCUT2D eigenvalue weighted by Crippen LogP contribution is -2.58. The number of guanidine groups is 4. The van der Waals surface area contributed by atoms with Gasteiger partial charge in [-0.05, 0) is 22.3 Å². The summed E-state index contributed by atoms with van der Waals surface area (Å²) in [5.74, 6) is -12.1. The van der Waals surface area contributed by atoms with Crippen molar-refractivity contribution < 1.29 is 43.7 Å². The number of pyridine rings is 1. The average molecular weight is 1040 g/mol. The number of carbonyl (C=O) groups is 6. The van der Waals surface area contributed by atoms with Crippen LogP contribution in [0.1, 0.15) is 28.3 Å². The van der Waals surface area contributed by atoms with E-state index >= 15 is 0 Å². The van der Waals surface area contributed by atoms with Crippen LogP contribution in [-0.2, 0) is 35.3 Å². The number of anilines is 1. The summed E-state index contributed by atoms with van der Waals surface area (Å²) in [4.78, 5) is 122. The lowest BCUT2D eigenvalue weighted by atomic mass is 10.1. The number of nitrogens with zero attached hydrogens (tertiary/aromatic N) is 8. The number of carbonyl (C=O) groups excluding carboxylic acids is 6. The molecule has 0 spiro atoms. The summed E-state index contributed by atoms with van der Waals surface area (Å²) in [6.45, 7) is -0.494. The minimum absolute atomic E-state index is 0.00947. The fourth-order valence-electron chi connectivity index (χ4n) is 6.25. The zero-order valence-electron chi connectivity index (χ0n) is 38.9. The monoisotopic (exact) mass is 1040 g/mol. The van der Waals surface area contributed by atoms with Crippen molar-refractivity contribution >= 4 is 88.6 Å². The van der Waals surface area contributed by atoms with Gasteiger partial charge in [0.25, 0.3) is 35.2 Å². The molecule has 3 aromatic carbocycles. The van der Waals surface area contributed by atoms with Gasteiger partial charge in [-0.3, -0.25) is 49.0 Å². The fraction of sp³-hybridized carbons (Fsp3) is 0.167. The number of aliphatic imine (C=N–C) groups is 4. The smallest absolute Gasteiger partial charge is 0.318 e. The van der Waals surface area contributed by atoms with Gasteiger partial charge in [0, 0.05) is 6.54 Å². The van der Waals surface area contributed by atoms with Crippen LogP contribution in [-0.4, -0.2) is 110 Å². The Hall–Kier alpha value is -11.0. The zero-order valence-corrected chi connectivity index (χ0v) is 38.9. The third-order valence-electron chi connectivity index (χ3n) is 9.57.